The Bertz CT molecular complexity index is 478. The van der Waals surface area contributed by atoms with Crippen molar-refractivity contribution in [2.24, 2.45) is 0 Å². The molecule has 0 saturated carbocycles. The molecule has 1 aromatic carbocycles. The summed E-state index contributed by atoms with van der Waals surface area (Å²) in [5.41, 5.74) is 2.77. The first-order valence-electron chi connectivity index (χ1n) is 4.51. The Kier molecular flexibility index (Phi) is 1.73. The van der Waals surface area contributed by atoms with E-state index in [2.05, 4.69) is 37.2 Å². The normalized spacial score (nSPS) is 15.9. The standard InChI is InChI=1S/C9H8BrN3O/c10-6-4-7-9(12-14-11-7)8(5-6)13-2-1-3-13/h4-5H,1-3H2. The van der Waals surface area contributed by atoms with Crippen LogP contribution in [0.2, 0.25) is 0 Å². The molecule has 0 atom stereocenters. The van der Waals surface area contributed by atoms with Gasteiger partial charge in [-0.15, -0.1) is 0 Å². The minimum absolute atomic E-state index is 0.807. The van der Waals surface area contributed by atoms with Gasteiger partial charge >= 0.3 is 0 Å². The molecule has 1 aromatic heterocycles. The summed E-state index contributed by atoms with van der Waals surface area (Å²) in [5.74, 6) is 0. The molecule has 0 amide bonds. The van der Waals surface area contributed by atoms with Gasteiger partial charge < -0.3 is 4.90 Å². The Hall–Kier alpha value is -1.10. The van der Waals surface area contributed by atoms with Crippen molar-refractivity contribution in [1.82, 2.24) is 10.3 Å². The zero-order valence-corrected chi connectivity index (χ0v) is 8.99. The predicted octanol–water partition coefficient (Wildman–Crippen LogP) is 2.20. The molecule has 2 heterocycles. The first kappa shape index (κ1) is 8.23. The van der Waals surface area contributed by atoms with Gasteiger partial charge in [0.1, 0.15) is 5.52 Å². The first-order chi connectivity index (χ1) is 6.84. The second-order valence-corrected chi connectivity index (χ2v) is 4.31. The minimum atomic E-state index is 0.807. The van der Waals surface area contributed by atoms with Crippen LogP contribution in [0.5, 0.6) is 0 Å². The molecule has 1 aliphatic rings. The Labute approximate surface area is 89.0 Å². The zero-order chi connectivity index (χ0) is 9.54. The third-order valence-corrected chi connectivity index (χ3v) is 2.96. The van der Waals surface area contributed by atoms with Crippen LogP contribution in [0.25, 0.3) is 11.0 Å². The number of aromatic nitrogens is 2. The Morgan fingerprint density at radius 3 is 2.86 bits per heavy atom. The molecule has 14 heavy (non-hydrogen) atoms. The molecule has 0 spiro atoms. The molecule has 4 nitrogen and oxygen atoms in total. The lowest BCUT2D eigenvalue weighted by Crippen LogP contribution is -2.37. The molecule has 72 valence electrons. The number of rotatable bonds is 1. The summed E-state index contributed by atoms with van der Waals surface area (Å²) in [5, 5.41) is 7.75. The predicted molar refractivity (Wildman–Crippen MR) is 56.3 cm³/mol. The van der Waals surface area contributed by atoms with Crippen molar-refractivity contribution in [2.75, 3.05) is 18.0 Å². The average molecular weight is 254 g/mol. The van der Waals surface area contributed by atoms with Gasteiger partial charge in [0, 0.05) is 17.6 Å². The van der Waals surface area contributed by atoms with E-state index in [1.165, 1.54) is 6.42 Å². The van der Waals surface area contributed by atoms with Crippen LogP contribution < -0.4 is 4.90 Å². The van der Waals surface area contributed by atoms with Gasteiger partial charge in [-0.2, -0.15) is 0 Å². The fourth-order valence-corrected chi connectivity index (χ4v) is 2.07. The number of hydrogen-bond acceptors (Lipinski definition) is 4. The summed E-state index contributed by atoms with van der Waals surface area (Å²) in [6.07, 6.45) is 1.25. The summed E-state index contributed by atoms with van der Waals surface area (Å²) in [7, 11) is 0. The van der Waals surface area contributed by atoms with E-state index in [0.29, 0.717) is 0 Å². The van der Waals surface area contributed by atoms with Gasteiger partial charge in [-0.3, -0.25) is 0 Å². The van der Waals surface area contributed by atoms with E-state index in [1.807, 2.05) is 6.07 Å². The van der Waals surface area contributed by atoms with Crippen molar-refractivity contribution in [2.45, 2.75) is 6.42 Å². The highest BCUT2D eigenvalue weighted by Crippen LogP contribution is 2.31. The van der Waals surface area contributed by atoms with Crippen molar-refractivity contribution < 1.29 is 4.63 Å². The molecule has 1 saturated heterocycles. The first-order valence-corrected chi connectivity index (χ1v) is 5.31. The molecule has 3 rings (SSSR count). The topological polar surface area (TPSA) is 42.2 Å². The van der Waals surface area contributed by atoms with Crippen LogP contribution in [-0.2, 0) is 0 Å². The molecule has 0 N–H and O–H groups in total. The van der Waals surface area contributed by atoms with Crippen molar-refractivity contribution >= 4 is 32.7 Å². The maximum Gasteiger partial charge on any atom is 0.158 e. The van der Waals surface area contributed by atoms with E-state index >= 15 is 0 Å². The van der Waals surface area contributed by atoms with Crippen molar-refractivity contribution in [1.29, 1.82) is 0 Å². The summed E-state index contributed by atoms with van der Waals surface area (Å²) in [4.78, 5) is 2.28. The Morgan fingerprint density at radius 1 is 1.29 bits per heavy atom. The molecular formula is C9H8BrN3O. The molecule has 1 aliphatic heterocycles. The zero-order valence-electron chi connectivity index (χ0n) is 7.40. The molecule has 0 unspecified atom stereocenters. The second kappa shape index (κ2) is 2.95. The monoisotopic (exact) mass is 253 g/mol. The summed E-state index contributed by atoms with van der Waals surface area (Å²) in [6.45, 7) is 2.19. The fourth-order valence-electron chi connectivity index (χ4n) is 1.64. The van der Waals surface area contributed by atoms with Gasteiger partial charge in [-0.25, -0.2) is 4.63 Å². The van der Waals surface area contributed by atoms with Crippen LogP contribution >= 0.6 is 15.9 Å². The highest BCUT2D eigenvalue weighted by Gasteiger charge is 2.19. The number of benzene rings is 1. The lowest BCUT2D eigenvalue weighted by molar-refractivity contribution is 0.315. The van der Waals surface area contributed by atoms with E-state index in [-0.39, 0.29) is 0 Å². The Morgan fingerprint density at radius 2 is 2.14 bits per heavy atom. The van der Waals surface area contributed by atoms with Gasteiger partial charge in [-0.05, 0) is 28.9 Å². The molecular weight excluding hydrogens is 246 g/mol. The van der Waals surface area contributed by atoms with E-state index < -0.39 is 0 Å². The number of fused-ring (bicyclic) bond motifs is 1. The van der Waals surface area contributed by atoms with Crippen molar-refractivity contribution in [3.8, 4) is 0 Å². The highest BCUT2D eigenvalue weighted by molar-refractivity contribution is 9.10. The Balaban J connectivity index is 2.23. The van der Waals surface area contributed by atoms with Crippen LogP contribution in [0.4, 0.5) is 5.69 Å². The maximum absolute atomic E-state index is 4.73. The highest BCUT2D eigenvalue weighted by atomic mass is 79.9. The maximum atomic E-state index is 4.73. The third kappa shape index (κ3) is 1.12. The van der Waals surface area contributed by atoms with Crippen LogP contribution in [0.15, 0.2) is 21.2 Å². The number of anilines is 1. The van der Waals surface area contributed by atoms with Gasteiger partial charge in [-0.1, -0.05) is 15.9 Å². The van der Waals surface area contributed by atoms with E-state index in [0.717, 1.165) is 34.3 Å². The molecule has 5 heteroatoms. The molecule has 0 aliphatic carbocycles. The molecule has 0 bridgehead atoms. The average Bonchev–Trinajstić information content (AvgIpc) is 2.47. The van der Waals surface area contributed by atoms with E-state index in [9.17, 15) is 0 Å². The largest absolute Gasteiger partial charge is 0.369 e. The van der Waals surface area contributed by atoms with Crippen molar-refractivity contribution in [3.63, 3.8) is 0 Å². The lowest BCUT2D eigenvalue weighted by atomic mass is 10.1. The van der Waals surface area contributed by atoms with Gasteiger partial charge in [0.2, 0.25) is 0 Å². The van der Waals surface area contributed by atoms with Crippen LogP contribution in [0.3, 0.4) is 0 Å². The second-order valence-electron chi connectivity index (χ2n) is 3.40. The van der Waals surface area contributed by atoms with Gasteiger partial charge in [0.15, 0.2) is 5.52 Å². The molecule has 0 radical (unpaired) electrons. The van der Waals surface area contributed by atoms with E-state index in [4.69, 9.17) is 4.63 Å². The van der Waals surface area contributed by atoms with Gasteiger partial charge in [0.05, 0.1) is 5.69 Å². The fraction of sp³-hybridized carbons (Fsp3) is 0.333. The smallest absolute Gasteiger partial charge is 0.158 e. The van der Waals surface area contributed by atoms with Crippen LogP contribution in [0, 0.1) is 0 Å². The molecule has 1 fully saturated rings. The quantitative estimate of drug-likeness (QED) is 0.782. The van der Waals surface area contributed by atoms with Crippen molar-refractivity contribution in [3.05, 3.63) is 16.6 Å². The number of nitrogens with zero attached hydrogens (tertiary/aromatic N) is 3. The van der Waals surface area contributed by atoms with Gasteiger partial charge in [0.25, 0.3) is 0 Å². The third-order valence-electron chi connectivity index (χ3n) is 2.50. The van der Waals surface area contributed by atoms with Crippen LogP contribution in [0.1, 0.15) is 6.42 Å². The number of halogens is 1. The summed E-state index contributed by atoms with van der Waals surface area (Å²) in [6, 6.07) is 3.97. The molecule has 2 aromatic rings. The summed E-state index contributed by atoms with van der Waals surface area (Å²) >= 11 is 3.45. The lowest BCUT2D eigenvalue weighted by Gasteiger charge is -2.33. The van der Waals surface area contributed by atoms with E-state index in [1.54, 1.807) is 0 Å². The minimum Gasteiger partial charge on any atom is -0.369 e. The number of hydrogen-bond donors (Lipinski definition) is 0. The van der Waals surface area contributed by atoms with Crippen LogP contribution in [-0.4, -0.2) is 23.4 Å². The SMILES string of the molecule is Brc1cc(N2CCC2)c2nonc2c1. The summed E-state index contributed by atoms with van der Waals surface area (Å²) < 4.78 is 5.75.